The van der Waals surface area contributed by atoms with Crippen molar-refractivity contribution >= 4 is 28.8 Å². The lowest BCUT2D eigenvalue weighted by atomic mass is 10.2. The molecule has 1 amide bonds. The molecule has 0 fully saturated rings. The number of nitrogens with zero attached hydrogens (tertiary/aromatic N) is 1. The van der Waals surface area contributed by atoms with Gasteiger partial charge in [0, 0.05) is 32.1 Å². The third-order valence-electron chi connectivity index (χ3n) is 2.99. The van der Waals surface area contributed by atoms with E-state index in [9.17, 15) is 4.79 Å². The number of rotatable bonds is 7. The third kappa shape index (κ3) is 4.59. The smallest absolute Gasteiger partial charge is 0.223 e. The Morgan fingerprint density at radius 1 is 1.50 bits per heavy atom. The Bertz CT molecular complexity index is 377. The van der Waals surface area contributed by atoms with Crippen LogP contribution in [0.1, 0.15) is 38.8 Å². The van der Waals surface area contributed by atoms with Crippen molar-refractivity contribution < 1.29 is 4.79 Å². The van der Waals surface area contributed by atoms with Crippen molar-refractivity contribution in [3.8, 4) is 0 Å². The molecule has 0 spiro atoms. The van der Waals surface area contributed by atoms with Gasteiger partial charge in [-0.05, 0) is 37.8 Å². The van der Waals surface area contributed by atoms with E-state index in [-0.39, 0.29) is 11.9 Å². The molecule has 18 heavy (non-hydrogen) atoms. The minimum absolute atomic E-state index is 0.211. The van der Waals surface area contributed by atoms with Crippen LogP contribution in [0.4, 0.5) is 0 Å². The second kappa shape index (κ2) is 7.77. The quantitative estimate of drug-likeness (QED) is 0.835. The van der Waals surface area contributed by atoms with Crippen LogP contribution in [0.25, 0.3) is 0 Å². The Morgan fingerprint density at radius 2 is 2.17 bits per heavy atom. The first-order valence-corrected chi connectivity index (χ1v) is 7.59. The Kier molecular flexibility index (Phi) is 6.68. The van der Waals surface area contributed by atoms with Crippen LogP contribution < -0.4 is 5.32 Å². The van der Waals surface area contributed by atoms with Crippen LogP contribution in [0, 0.1) is 0 Å². The Morgan fingerprint density at radius 3 is 2.67 bits per heavy atom. The first kappa shape index (κ1) is 15.5. The van der Waals surface area contributed by atoms with Gasteiger partial charge in [-0.1, -0.05) is 11.6 Å². The summed E-state index contributed by atoms with van der Waals surface area (Å²) in [5.74, 6) is 0.211. The number of carbonyl (C=O) groups is 1. The predicted octanol–water partition coefficient (Wildman–Crippen LogP) is 3.31. The average molecular weight is 289 g/mol. The highest BCUT2D eigenvalue weighted by molar-refractivity contribution is 7.14. The molecule has 3 nitrogen and oxygen atoms in total. The highest BCUT2D eigenvalue weighted by Crippen LogP contribution is 2.24. The summed E-state index contributed by atoms with van der Waals surface area (Å²) in [6.45, 7) is 8.36. The molecular formula is C13H21ClN2OS. The predicted molar refractivity (Wildman–Crippen MR) is 78.3 cm³/mol. The van der Waals surface area contributed by atoms with Gasteiger partial charge in [0.05, 0.1) is 4.34 Å². The van der Waals surface area contributed by atoms with Crippen molar-refractivity contribution in [1.29, 1.82) is 0 Å². The molecule has 102 valence electrons. The molecule has 0 aliphatic heterocycles. The van der Waals surface area contributed by atoms with Crippen LogP contribution in [0.15, 0.2) is 11.4 Å². The molecule has 1 aromatic rings. The number of carbonyl (C=O) groups excluding carboxylic acids is 1. The fourth-order valence-electron chi connectivity index (χ4n) is 1.80. The zero-order chi connectivity index (χ0) is 13.5. The molecule has 1 unspecified atom stereocenters. The molecule has 5 heteroatoms. The summed E-state index contributed by atoms with van der Waals surface area (Å²) in [4.78, 5) is 13.6. The lowest BCUT2D eigenvalue weighted by molar-refractivity contribution is -0.130. The van der Waals surface area contributed by atoms with E-state index in [1.165, 1.54) is 16.9 Å². The lowest BCUT2D eigenvalue weighted by Crippen LogP contribution is -2.33. The van der Waals surface area contributed by atoms with Gasteiger partial charge >= 0.3 is 0 Å². The van der Waals surface area contributed by atoms with Crippen LogP contribution in [-0.4, -0.2) is 30.4 Å². The SMILES string of the molecule is CCN(CC)C(=O)CCNC(C)c1csc(Cl)c1. The number of halogens is 1. The van der Waals surface area contributed by atoms with E-state index in [0.717, 1.165) is 17.4 Å². The molecule has 1 heterocycles. The number of thiophene rings is 1. The van der Waals surface area contributed by atoms with E-state index in [1.807, 2.05) is 30.2 Å². The maximum atomic E-state index is 11.8. The van der Waals surface area contributed by atoms with E-state index in [0.29, 0.717) is 13.0 Å². The van der Waals surface area contributed by atoms with Crippen molar-refractivity contribution in [3.05, 3.63) is 21.3 Å². The number of nitrogens with one attached hydrogen (secondary N) is 1. The van der Waals surface area contributed by atoms with Gasteiger partial charge in [0.15, 0.2) is 0 Å². The Hall–Kier alpha value is -0.580. The summed E-state index contributed by atoms with van der Waals surface area (Å²) in [7, 11) is 0. The summed E-state index contributed by atoms with van der Waals surface area (Å²) < 4.78 is 0.804. The first-order valence-electron chi connectivity index (χ1n) is 6.33. The van der Waals surface area contributed by atoms with Gasteiger partial charge in [0.1, 0.15) is 0 Å². The molecule has 0 saturated carbocycles. The molecule has 1 rings (SSSR count). The second-order valence-electron chi connectivity index (χ2n) is 4.18. The highest BCUT2D eigenvalue weighted by atomic mass is 35.5. The first-order chi connectivity index (χ1) is 8.58. The van der Waals surface area contributed by atoms with E-state index in [4.69, 9.17) is 11.6 Å². The van der Waals surface area contributed by atoms with Crippen molar-refractivity contribution in [1.82, 2.24) is 10.2 Å². The minimum Gasteiger partial charge on any atom is -0.343 e. The highest BCUT2D eigenvalue weighted by Gasteiger charge is 2.11. The van der Waals surface area contributed by atoms with Gasteiger partial charge in [0.2, 0.25) is 5.91 Å². The molecule has 0 aliphatic carbocycles. The van der Waals surface area contributed by atoms with Crippen molar-refractivity contribution in [2.45, 2.75) is 33.2 Å². The largest absolute Gasteiger partial charge is 0.343 e. The summed E-state index contributed by atoms with van der Waals surface area (Å²) in [5, 5.41) is 5.39. The maximum absolute atomic E-state index is 11.8. The summed E-state index contributed by atoms with van der Waals surface area (Å²) in [5.41, 5.74) is 1.18. The molecular weight excluding hydrogens is 268 g/mol. The van der Waals surface area contributed by atoms with Crippen LogP contribution in [-0.2, 0) is 4.79 Å². The maximum Gasteiger partial charge on any atom is 0.223 e. The van der Waals surface area contributed by atoms with E-state index < -0.39 is 0 Å². The van der Waals surface area contributed by atoms with Crippen LogP contribution >= 0.6 is 22.9 Å². The summed E-state index contributed by atoms with van der Waals surface area (Å²) in [6.07, 6.45) is 0.546. The van der Waals surface area contributed by atoms with Gasteiger partial charge in [0.25, 0.3) is 0 Å². The topological polar surface area (TPSA) is 32.3 Å². The Labute approximate surface area is 118 Å². The second-order valence-corrected chi connectivity index (χ2v) is 5.72. The van der Waals surface area contributed by atoms with Crippen molar-refractivity contribution in [2.24, 2.45) is 0 Å². The molecule has 0 aliphatic rings. The van der Waals surface area contributed by atoms with Crippen LogP contribution in [0.5, 0.6) is 0 Å². The number of hydrogen-bond acceptors (Lipinski definition) is 3. The molecule has 0 saturated heterocycles. The average Bonchev–Trinajstić information content (AvgIpc) is 2.77. The van der Waals surface area contributed by atoms with Crippen molar-refractivity contribution in [3.63, 3.8) is 0 Å². The fourth-order valence-corrected chi connectivity index (χ4v) is 2.78. The van der Waals surface area contributed by atoms with E-state index in [2.05, 4.69) is 12.2 Å². The van der Waals surface area contributed by atoms with Gasteiger partial charge in [-0.2, -0.15) is 0 Å². The van der Waals surface area contributed by atoms with Gasteiger partial charge in [-0.25, -0.2) is 0 Å². The monoisotopic (exact) mass is 288 g/mol. The third-order valence-corrected chi connectivity index (χ3v) is 4.10. The van der Waals surface area contributed by atoms with Gasteiger partial charge in [-0.3, -0.25) is 4.79 Å². The van der Waals surface area contributed by atoms with Gasteiger partial charge in [-0.15, -0.1) is 11.3 Å². The fraction of sp³-hybridized carbons (Fsp3) is 0.615. The normalized spacial score (nSPS) is 12.4. The Balaban J connectivity index is 2.31. The van der Waals surface area contributed by atoms with Crippen LogP contribution in [0.3, 0.4) is 0 Å². The zero-order valence-corrected chi connectivity index (χ0v) is 12.8. The molecule has 0 aromatic carbocycles. The molecule has 1 atom stereocenters. The van der Waals surface area contributed by atoms with E-state index in [1.54, 1.807) is 0 Å². The zero-order valence-electron chi connectivity index (χ0n) is 11.2. The number of amides is 1. The van der Waals surface area contributed by atoms with Crippen molar-refractivity contribution in [2.75, 3.05) is 19.6 Å². The summed E-state index contributed by atoms with van der Waals surface area (Å²) in [6, 6.07) is 2.20. The van der Waals surface area contributed by atoms with Crippen LogP contribution in [0.2, 0.25) is 4.34 Å². The van der Waals surface area contributed by atoms with Gasteiger partial charge < -0.3 is 10.2 Å². The molecule has 0 radical (unpaired) electrons. The van der Waals surface area contributed by atoms with E-state index >= 15 is 0 Å². The lowest BCUT2D eigenvalue weighted by Gasteiger charge is -2.19. The standard InChI is InChI=1S/C13H21ClN2OS/c1-4-16(5-2)13(17)6-7-15-10(3)11-8-12(14)18-9-11/h8-10,15H,4-7H2,1-3H3. The molecule has 0 bridgehead atoms. The molecule has 1 aromatic heterocycles. The summed E-state index contributed by atoms with van der Waals surface area (Å²) >= 11 is 7.43. The molecule has 1 N–H and O–H groups in total. The number of hydrogen-bond donors (Lipinski definition) is 1. The minimum atomic E-state index is 0.211.